The highest BCUT2D eigenvalue weighted by molar-refractivity contribution is 7.89. The monoisotopic (exact) mass is 348 g/mol. The van der Waals surface area contributed by atoms with Gasteiger partial charge in [-0.1, -0.05) is 0 Å². The molecule has 0 unspecified atom stereocenters. The standard InChI is InChI=1S/C13H20N2O7S/c16-7-3-14(4-8-17)13(18)11-1-2-12(22-11)23(19,20)15-5-9-21-10-6-15/h1-2,16-17H,3-10H2. The smallest absolute Gasteiger partial charge is 0.289 e. The minimum Gasteiger partial charge on any atom is -0.438 e. The third-order valence-electron chi connectivity index (χ3n) is 3.38. The van der Waals surface area contributed by atoms with Gasteiger partial charge in [0.25, 0.3) is 15.9 Å². The van der Waals surface area contributed by atoms with E-state index in [9.17, 15) is 13.2 Å². The molecule has 23 heavy (non-hydrogen) atoms. The number of hydrogen-bond acceptors (Lipinski definition) is 7. The normalized spacial score (nSPS) is 16.4. The van der Waals surface area contributed by atoms with E-state index in [4.69, 9.17) is 19.4 Å². The van der Waals surface area contributed by atoms with Gasteiger partial charge in [-0.05, 0) is 12.1 Å². The summed E-state index contributed by atoms with van der Waals surface area (Å²) >= 11 is 0. The molecular formula is C13H20N2O7S. The third-order valence-corrected chi connectivity index (χ3v) is 5.16. The Labute approximate surface area is 134 Å². The van der Waals surface area contributed by atoms with Gasteiger partial charge in [0.15, 0.2) is 5.76 Å². The van der Waals surface area contributed by atoms with Crippen molar-refractivity contribution in [3.8, 4) is 0 Å². The molecule has 1 saturated heterocycles. The minimum absolute atomic E-state index is 0.0195. The van der Waals surface area contributed by atoms with E-state index in [0.29, 0.717) is 13.2 Å². The van der Waals surface area contributed by atoms with Gasteiger partial charge >= 0.3 is 0 Å². The lowest BCUT2D eigenvalue weighted by atomic mass is 10.3. The van der Waals surface area contributed by atoms with E-state index in [1.54, 1.807) is 0 Å². The largest absolute Gasteiger partial charge is 0.438 e. The van der Waals surface area contributed by atoms with E-state index in [1.165, 1.54) is 21.3 Å². The van der Waals surface area contributed by atoms with E-state index in [0.717, 1.165) is 0 Å². The molecule has 1 amide bonds. The van der Waals surface area contributed by atoms with Crippen LogP contribution >= 0.6 is 0 Å². The summed E-state index contributed by atoms with van der Waals surface area (Å²) in [6.07, 6.45) is 0. The summed E-state index contributed by atoms with van der Waals surface area (Å²) in [7, 11) is -3.81. The van der Waals surface area contributed by atoms with Crippen molar-refractivity contribution in [2.75, 3.05) is 52.6 Å². The first-order valence-electron chi connectivity index (χ1n) is 7.19. The van der Waals surface area contributed by atoms with Crippen LogP contribution in [0.25, 0.3) is 0 Å². The Morgan fingerprint density at radius 2 is 1.78 bits per heavy atom. The molecule has 9 nitrogen and oxygen atoms in total. The highest BCUT2D eigenvalue weighted by Gasteiger charge is 2.30. The van der Waals surface area contributed by atoms with Crippen molar-refractivity contribution < 1.29 is 32.6 Å². The molecule has 0 aliphatic carbocycles. The molecular weight excluding hydrogens is 328 g/mol. The van der Waals surface area contributed by atoms with Gasteiger partial charge in [-0.25, -0.2) is 8.42 Å². The van der Waals surface area contributed by atoms with Gasteiger partial charge in [0.05, 0.1) is 26.4 Å². The zero-order valence-electron chi connectivity index (χ0n) is 12.5. The van der Waals surface area contributed by atoms with Crippen molar-refractivity contribution in [1.82, 2.24) is 9.21 Å². The molecule has 1 aromatic rings. The molecule has 1 aliphatic heterocycles. The lowest BCUT2D eigenvalue weighted by Crippen LogP contribution is -2.40. The number of morpholine rings is 1. The summed E-state index contributed by atoms with van der Waals surface area (Å²) in [6, 6.07) is 2.51. The second-order valence-electron chi connectivity index (χ2n) is 4.87. The average molecular weight is 348 g/mol. The molecule has 0 saturated carbocycles. The zero-order valence-corrected chi connectivity index (χ0v) is 13.4. The Hall–Kier alpha value is -1.46. The first kappa shape index (κ1) is 17.9. The van der Waals surface area contributed by atoms with Crippen LogP contribution in [0.4, 0.5) is 0 Å². The maximum absolute atomic E-state index is 12.4. The molecule has 2 heterocycles. The number of carbonyl (C=O) groups is 1. The third kappa shape index (κ3) is 4.09. The van der Waals surface area contributed by atoms with Gasteiger partial charge in [0.1, 0.15) is 0 Å². The number of nitrogens with zero attached hydrogens (tertiary/aromatic N) is 2. The van der Waals surface area contributed by atoms with E-state index < -0.39 is 15.9 Å². The second kappa shape index (κ2) is 7.88. The van der Waals surface area contributed by atoms with Crippen LogP contribution in [0.5, 0.6) is 0 Å². The molecule has 2 N–H and O–H groups in total. The van der Waals surface area contributed by atoms with Gasteiger partial charge in [-0.3, -0.25) is 4.79 Å². The number of amides is 1. The fourth-order valence-corrected chi connectivity index (χ4v) is 3.52. The molecule has 1 fully saturated rings. The lowest BCUT2D eigenvalue weighted by molar-refractivity contribution is 0.0644. The van der Waals surface area contributed by atoms with Crippen LogP contribution in [0, 0.1) is 0 Å². The fourth-order valence-electron chi connectivity index (χ4n) is 2.20. The minimum atomic E-state index is -3.81. The number of hydrogen-bond donors (Lipinski definition) is 2. The van der Waals surface area contributed by atoms with Gasteiger partial charge in [-0.2, -0.15) is 4.31 Å². The molecule has 0 bridgehead atoms. The SMILES string of the molecule is O=C(c1ccc(S(=O)(=O)N2CCOCC2)o1)N(CCO)CCO. The molecule has 0 radical (unpaired) electrons. The van der Waals surface area contributed by atoms with Crippen molar-refractivity contribution >= 4 is 15.9 Å². The van der Waals surface area contributed by atoms with Gasteiger partial charge in [0, 0.05) is 26.2 Å². The van der Waals surface area contributed by atoms with Crippen molar-refractivity contribution in [2.24, 2.45) is 0 Å². The number of furan rings is 1. The van der Waals surface area contributed by atoms with E-state index >= 15 is 0 Å². The second-order valence-corrected chi connectivity index (χ2v) is 6.74. The predicted octanol–water partition coefficient (Wildman–Crippen LogP) is -1.27. The number of rotatable bonds is 7. The lowest BCUT2D eigenvalue weighted by Gasteiger charge is -2.24. The number of ether oxygens (including phenoxy) is 1. The number of sulfonamides is 1. The highest BCUT2D eigenvalue weighted by atomic mass is 32.2. The molecule has 1 aromatic heterocycles. The topological polar surface area (TPSA) is 121 Å². The Morgan fingerprint density at radius 1 is 1.17 bits per heavy atom. The molecule has 10 heteroatoms. The van der Waals surface area contributed by atoms with Crippen LogP contribution in [0.1, 0.15) is 10.6 Å². The molecule has 0 spiro atoms. The zero-order chi connectivity index (χ0) is 16.9. The van der Waals surface area contributed by atoms with E-state index in [-0.39, 0.29) is 50.2 Å². The average Bonchev–Trinajstić information content (AvgIpc) is 3.05. The van der Waals surface area contributed by atoms with Crippen LogP contribution in [0.15, 0.2) is 21.6 Å². The highest BCUT2D eigenvalue weighted by Crippen LogP contribution is 2.20. The number of carbonyl (C=O) groups excluding carboxylic acids is 1. The van der Waals surface area contributed by atoms with Gasteiger partial charge in [0.2, 0.25) is 5.09 Å². The predicted molar refractivity (Wildman–Crippen MR) is 78.4 cm³/mol. The van der Waals surface area contributed by atoms with Crippen LogP contribution in [0.2, 0.25) is 0 Å². The quantitative estimate of drug-likeness (QED) is 0.630. The first-order valence-corrected chi connectivity index (χ1v) is 8.63. The van der Waals surface area contributed by atoms with Crippen LogP contribution < -0.4 is 0 Å². The molecule has 1 aliphatic rings. The fraction of sp³-hybridized carbons (Fsp3) is 0.615. The summed E-state index contributed by atoms with van der Waals surface area (Å²) in [4.78, 5) is 13.4. The summed E-state index contributed by atoms with van der Waals surface area (Å²) in [5, 5.41) is 17.6. The van der Waals surface area contributed by atoms with Crippen molar-refractivity contribution in [2.45, 2.75) is 5.09 Å². The number of aliphatic hydroxyl groups excluding tert-OH is 2. The first-order chi connectivity index (χ1) is 11.0. The summed E-state index contributed by atoms with van der Waals surface area (Å²) in [5.74, 6) is -0.740. The maximum atomic E-state index is 12.4. The summed E-state index contributed by atoms with van der Waals surface area (Å²) in [6.45, 7) is 0.577. The summed E-state index contributed by atoms with van der Waals surface area (Å²) in [5.41, 5.74) is 0. The van der Waals surface area contributed by atoms with Gasteiger partial charge in [-0.15, -0.1) is 0 Å². The van der Waals surface area contributed by atoms with E-state index in [2.05, 4.69) is 0 Å². The van der Waals surface area contributed by atoms with Crippen molar-refractivity contribution in [3.63, 3.8) is 0 Å². The van der Waals surface area contributed by atoms with Crippen molar-refractivity contribution in [3.05, 3.63) is 17.9 Å². The van der Waals surface area contributed by atoms with E-state index in [1.807, 2.05) is 0 Å². The molecule has 0 aromatic carbocycles. The molecule has 0 atom stereocenters. The Morgan fingerprint density at radius 3 is 2.35 bits per heavy atom. The Kier molecular flexibility index (Phi) is 6.13. The maximum Gasteiger partial charge on any atom is 0.289 e. The van der Waals surface area contributed by atoms with Crippen LogP contribution in [0.3, 0.4) is 0 Å². The summed E-state index contributed by atoms with van der Waals surface area (Å²) < 4.78 is 36.4. The molecule has 130 valence electrons. The Bertz CT molecular complexity index is 616. The Balaban J connectivity index is 2.17. The van der Waals surface area contributed by atoms with Gasteiger partial charge < -0.3 is 24.3 Å². The van der Waals surface area contributed by atoms with Crippen LogP contribution in [-0.2, 0) is 14.8 Å². The number of aliphatic hydroxyl groups is 2. The molecule has 2 rings (SSSR count). The van der Waals surface area contributed by atoms with Crippen LogP contribution in [-0.4, -0.2) is 86.3 Å². The van der Waals surface area contributed by atoms with Crippen molar-refractivity contribution in [1.29, 1.82) is 0 Å².